The summed E-state index contributed by atoms with van der Waals surface area (Å²) < 4.78 is 11.0. The maximum Gasteiger partial charge on any atom is 0.269 e. The maximum atomic E-state index is 12.5. The minimum absolute atomic E-state index is 0.0911. The zero-order chi connectivity index (χ0) is 20.8. The van der Waals surface area contributed by atoms with Crippen LogP contribution in [0.3, 0.4) is 0 Å². The van der Waals surface area contributed by atoms with Gasteiger partial charge in [-0.1, -0.05) is 23.7 Å². The Bertz CT molecular complexity index is 1040. The summed E-state index contributed by atoms with van der Waals surface area (Å²) in [6.07, 6.45) is 0. The van der Waals surface area contributed by atoms with Crippen LogP contribution in [0.5, 0.6) is 11.5 Å². The number of methoxy groups -OCH3 is 1. The van der Waals surface area contributed by atoms with E-state index in [1.54, 1.807) is 25.3 Å². The Balaban J connectivity index is 1.75. The number of nitrogens with zero attached hydrogens (tertiary/aromatic N) is 1. The summed E-state index contributed by atoms with van der Waals surface area (Å²) in [7, 11) is 1.59. The Morgan fingerprint density at radius 3 is 2.55 bits per heavy atom. The number of nitro groups is 1. The van der Waals surface area contributed by atoms with Gasteiger partial charge in [0.05, 0.1) is 17.7 Å². The van der Waals surface area contributed by atoms with E-state index in [1.165, 1.54) is 24.3 Å². The molecule has 3 aromatic rings. The lowest BCUT2D eigenvalue weighted by molar-refractivity contribution is -0.384. The Labute approximate surface area is 172 Å². The van der Waals surface area contributed by atoms with Crippen molar-refractivity contribution in [2.24, 2.45) is 0 Å². The predicted molar refractivity (Wildman–Crippen MR) is 110 cm³/mol. The van der Waals surface area contributed by atoms with E-state index in [-0.39, 0.29) is 17.9 Å². The molecule has 29 heavy (non-hydrogen) atoms. The number of non-ortho nitro benzene ring substituents is 1. The number of nitrogens with one attached hydrogen (secondary N) is 1. The van der Waals surface area contributed by atoms with Crippen LogP contribution in [0.4, 0.5) is 11.4 Å². The summed E-state index contributed by atoms with van der Waals surface area (Å²) in [6.45, 7) is 0.263. The highest BCUT2D eigenvalue weighted by Crippen LogP contribution is 2.29. The summed E-state index contributed by atoms with van der Waals surface area (Å²) in [5.74, 6) is 0.717. The lowest BCUT2D eigenvalue weighted by Gasteiger charge is -2.13. The van der Waals surface area contributed by atoms with Crippen LogP contribution in [0.25, 0.3) is 0 Å². The van der Waals surface area contributed by atoms with Gasteiger partial charge in [-0.05, 0) is 48.0 Å². The number of hydrogen-bond donors (Lipinski definition) is 1. The zero-order valence-corrected chi connectivity index (χ0v) is 16.2. The Morgan fingerprint density at radius 1 is 1.10 bits per heavy atom. The molecule has 0 radical (unpaired) electrons. The molecule has 3 aromatic carbocycles. The van der Waals surface area contributed by atoms with Gasteiger partial charge in [-0.15, -0.1) is 0 Å². The van der Waals surface area contributed by atoms with Crippen LogP contribution in [0.2, 0.25) is 5.02 Å². The summed E-state index contributed by atoms with van der Waals surface area (Å²) in [6, 6.07) is 17.6. The number of ether oxygens (including phenoxy) is 2. The average molecular weight is 413 g/mol. The number of halogens is 1. The van der Waals surface area contributed by atoms with Crippen LogP contribution in [-0.2, 0) is 6.61 Å². The molecule has 0 heterocycles. The van der Waals surface area contributed by atoms with Gasteiger partial charge in [0, 0.05) is 22.7 Å². The molecule has 8 heteroatoms. The van der Waals surface area contributed by atoms with Gasteiger partial charge < -0.3 is 14.8 Å². The van der Waals surface area contributed by atoms with Gasteiger partial charge in [-0.2, -0.15) is 0 Å². The van der Waals surface area contributed by atoms with E-state index in [0.29, 0.717) is 22.2 Å². The fraction of sp³-hybridized carbons (Fsp3) is 0.0952. The third kappa shape index (κ3) is 5.24. The molecule has 0 saturated carbocycles. The summed E-state index contributed by atoms with van der Waals surface area (Å²) >= 11 is 6.06. The molecule has 3 rings (SSSR count). The van der Waals surface area contributed by atoms with Crippen molar-refractivity contribution < 1.29 is 19.2 Å². The van der Waals surface area contributed by atoms with Gasteiger partial charge in [0.15, 0.2) is 0 Å². The summed E-state index contributed by atoms with van der Waals surface area (Å²) in [5, 5.41) is 13.9. The first kappa shape index (κ1) is 20.2. The highest BCUT2D eigenvalue weighted by atomic mass is 35.5. The number of anilines is 1. The first-order valence-corrected chi connectivity index (χ1v) is 8.95. The van der Waals surface area contributed by atoms with Gasteiger partial charge in [0.1, 0.15) is 18.1 Å². The largest absolute Gasteiger partial charge is 0.497 e. The number of amides is 1. The van der Waals surface area contributed by atoms with Crippen molar-refractivity contribution in [3.8, 4) is 11.5 Å². The van der Waals surface area contributed by atoms with E-state index in [9.17, 15) is 14.9 Å². The normalized spacial score (nSPS) is 10.3. The van der Waals surface area contributed by atoms with Gasteiger partial charge in [0.25, 0.3) is 11.6 Å². The maximum absolute atomic E-state index is 12.5. The van der Waals surface area contributed by atoms with Gasteiger partial charge in [0.2, 0.25) is 0 Å². The Kier molecular flexibility index (Phi) is 6.31. The van der Waals surface area contributed by atoms with Crippen LogP contribution in [0.15, 0.2) is 66.7 Å². The van der Waals surface area contributed by atoms with Crippen molar-refractivity contribution in [1.29, 1.82) is 0 Å². The number of nitro benzene ring substituents is 1. The topological polar surface area (TPSA) is 90.7 Å². The molecule has 0 aliphatic heterocycles. The number of benzene rings is 3. The molecular formula is C21H17ClN2O5. The van der Waals surface area contributed by atoms with Crippen LogP contribution in [0.1, 0.15) is 15.9 Å². The van der Waals surface area contributed by atoms with Crippen molar-refractivity contribution >= 4 is 28.9 Å². The van der Waals surface area contributed by atoms with E-state index in [2.05, 4.69) is 5.32 Å². The second kappa shape index (κ2) is 9.07. The molecule has 0 unspecified atom stereocenters. The van der Waals surface area contributed by atoms with Gasteiger partial charge in [-0.3, -0.25) is 14.9 Å². The molecule has 0 aromatic heterocycles. The lowest BCUT2D eigenvalue weighted by Crippen LogP contribution is -2.13. The highest BCUT2D eigenvalue weighted by Gasteiger charge is 2.13. The predicted octanol–water partition coefficient (Wildman–Crippen LogP) is 5.09. The van der Waals surface area contributed by atoms with Crippen LogP contribution in [0, 0.1) is 10.1 Å². The number of carbonyl (C=O) groups is 1. The Hall–Kier alpha value is -3.58. The minimum atomic E-state index is -0.525. The fourth-order valence-electron chi connectivity index (χ4n) is 2.58. The molecule has 1 N–H and O–H groups in total. The molecule has 0 bridgehead atoms. The van der Waals surface area contributed by atoms with Crippen molar-refractivity contribution in [3.05, 3.63) is 93.0 Å². The first-order chi connectivity index (χ1) is 14.0. The van der Waals surface area contributed by atoms with E-state index < -0.39 is 10.8 Å². The summed E-state index contributed by atoms with van der Waals surface area (Å²) in [4.78, 5) is 22.7. The molecule has 0 aliphatic carbocycles. The standard InChI is InChI=1S/C21H17ClN2O5/c1-28-18-4-2-3-14(11-18)13-29-20-10-7-16(22)12-19(20)23-21(25)15-5-8-17(9-6-15)24(26)27/h2-12H,13H2,1H3,(H,23,25). The third-order valence-corrected chi connectivity index (χ3v) is 4.29. The van der Waals surface area contributed by atoms with Crippen LogP contribution < -0.4 is 14.8 Å². The fourth-order valence-corrected chi connectivity index (χ4v) is 2.75. The monoisotopic (exact) mass is 412 g/mol. The molecule has 0 aliphatic rings. The van der Waals surface area contributed by atoms with Crippen molar-refractivity contribution in [3.63, 3.8) is 0 Å². The zero-order valence-electron chi connectivity index (χ0n) is 15.4. The van der Waals surface area contributed by atoms with Gasteiger partial charge >= 0.3 is 0 Å². The highest BCUT2D eigenvalue weighted by molar-refractivity contribution is 6.31. The number of carbonyl (C=O) groups excluding carboxylic acids is 1. The quantitative estimate of drug-likeness (QED) is 0.431. The van der Waals surface area contributed by atoms with E-state index in [1.807, 2.05) is 24.3 Å². The van der Waals surface area contributed by atoms with E-state index >= 15 is 0 Å². The van der Waals surface area contributed by atoms with Crippen molar-refractivity contribution in [2.75, 3.05) is 12.4 Å². The van der Waals surface area contributed by atoms with E-state index in [4.69, 9.17) is 21.1 Å². The molecule has 0 atom stereocenters. The molecule has 7 nitrogen and oxygen atoms in total. The number of hydrogen-bond acceptors (Lipinski definition) is 5. The molecule has 148 valence electrons. The molecule has 0 fully saturated rings. The lowest BCUT2D eigenvalue weighted by atomic mass is 10.2. The molecular weight excluding hydrogens is 396 g/mol. The third-order valence-electron chi connectivity index (χ3n) is 4.06. The Morgan fingerprint density at radius 2 is 1.86 bits per heavy atom. The minimum Gasteiger partial charge on any atom is -0.497 e. The SMILES string of the molecule is COc1cccc(COc2ccc(Cl)cc2NC(=O)c2ccc([N+](=O)[O-])cc2)c1. The molecule has 0 saturated heterocycles. The van der Waals surface area contributed by atoms with Crippen molar-refractivity contribution in [1.82, 2.24) is 0 Å². The average Bonchev–Trinajstić information content (AvgIpc) is 2.73. The summed E-state index contributed by atoms with van der Waals surface area (Å²) in [5.41, 5.74) is 1.47. The number of rotatable bonds is 7. The molecule has 1 amide bonds. The van der Waals surface area contributed by atoms with Crippen LogP contribution >= 0.6 is 11.6 Å². The second-order valence-corrected chi connectivity index (χ2v) is 6.48. The van der Waals surface area contributed by atoms with Crippen molar-refractivity contribution in [2.45, 2.75) is 6.61 Å². The van der Waals surface area contributed by atoms with E-state index in [0.717, 1.165) is 5.56 Å². The smallest absolute Gasteiger partial charge is 0.269 e. The molecule has 0 spiro atoms. The van der Waals surface area contributed by atoms with Gasteiger partial charge in [-0.25, -0.2) is 0 Å². The second-order valence-electron chi connectivity index (χ2n) is 6.04. The van der Waals surface area contributed by atoms with Crippen LogP contribution in [-0.4, -0.2) is 17.9 Å². The first-order valence-electron chi connectivity index (χ1n) is 8.57.